The number of carbonyl (C=O) groups is 1. The van der Waals surface area contributed by atoms with Gasteiger partial charge in [-0.15, -0.1) is 0 Å². The SMILES string of the molecule is C[C@H](Sc1ncc(-c2ccccc2)n1-c1ccccc1)C(N)=O. The number of para-hydroxylation sites is 1. The summed E-state index contributed by atoms with van der Waals surface area (Å²) >= 11 is 1.37. The largest absolute Gasteiger partial charge is 0.369 e. The van der Waals surface area contributed by atoms with E-state index >= 15 is 0 Å². The molecular weight excluding hydrogens is 306 g/mol. The minimum atomic E-state index is -0.348. The molecule has 0 fully saturated rings. The molecule has 1 heterocycles. The van der Waals surface area contributed by atoms with E-state index in [0.29, 0.717) is 0 Å². The lowest BCUT2D eigenvalue weighted by atomic mass is 10.1. The third kappa shape index (κ3) is 3.29. The van der Waals surface area contributed by atoms with E-state index in [9.17, 15) is 4.79 Å². The maximum atomic E-state index is 11.4. The topological polar surface area (TPSA) is 60.9 Å². The molecule has 1 atom stereocenters. The highest BCUT2D eigenvalue weighted by Gasteiger charge is 2.18. The molecule has 2 aromatic carbocycles. The molecule has 4 nitrogen and oxygen atoms in total. The van der Waals surface area contributed by atoms with Crippen LogP contribution in [0.4, 0.5) is 0 Å². The average molecular weight is 323 g/mol. The van der Waals surface area contributed by atoms with Crippen LogP contribution >= 0.6 is 11.8 Å². The Bertz CT molecular complexity index is 800. The van der Waals surface area contributed by atoms with Crippen molar-refractivity contribution in [3.8, 4) is 16.9 Å². The highest BCUT2D eigenvalue weighted by molar-refractivity contribution is 8.00. The van der Waals surface area contributed by atoms with Crippen molar-refractivity contribution < 1.29 is 4.79 Å². The number of aromatic nitrogens is 2. The fourth-order valence-corrected chi connectivity index (χ4v) is 3.13. The van der Waals surface area contributed by atoms with Crippen LogP contribution in [0.5, 0.6) is 0 Å². The van der Waals surface area contributed by atoms with Crippen LogP contribution in [0.25, 0.3) is 16.9 Å². The molecule has 3 rings (SSSR count). The number of nitrogens with two attached hydrogens (primary N) is 1. The van der Waals surface area contributed by atoms with E-state index in [1.807, 2.05) is 66.9 Å². The smallest absolute Gasteiger partial charge is 0.230 e. The molecule has 23 heavy (non-hydrogen) atoms. The summed E-state index contributed by atoms with van der Waals surface area (Å²) in [6.45, 7) is 1.79. The van der Waals surface area contributed by atoms with E-state index in [1.165, 1.54) is 11.8 Å². The molecule has 0 saturated carbocycles. The number of carbonyl (C=O) groups excluding carboxylic acids is 1. The van der Waals surface area contributed by atoms with Crippen molar-refractivity contribution in [1.82, 2.24) is 9.55 Å². The van der Waals surface area contributed by atoms with Crippen molar-refractivity contribution in [3.63, 3.8) is 0 Å². The zero-order chi connectivity index (χ0) is 16.2. The van der Waals surface area contributed by atoms with Gasteiger partial charge in [0.15, 0.2) is 5.16 Å². The molecule has 3 aromatic rings. The monoisotopic (exact) mass is 323 g/mol. The second kappa shape index (κ2) is 6.71. The molecule has 1 amide bonds. The van der Waals surface area contributed by atoms with Gasteiger partial charge in [-0.1, -0.05) is 60.3 Å². The summed E-state index contributed by atoms with van der Waals surface area (Å²) in [5.74, 6) is -0.348. The Morgan fingerprint density at radius 3 is 2.30 bits per heavy atom. The normalized spacial score (nSPS) is 12.0. The number of hydrogen-bond acceptors (Lipinski definition) is 3. The number of nitrogens with zero attached hydrogens (tertiary/aromatic N) is 2. The standard InChI is InChI=1S/C18H17N3OS/c1-13(17(19)22)23-18-20-12-16(14-8-4-2-5-9-14)21(18)15-10-6-3-7-11-15/h2-13H,1H3,(H2,19,22)/t13-/m0/s1. The number of primary amides is 1. The summed E-state index contributed by atoms with van der Waals surface area (Å²) in [5.41, 5.74) is 8.45. The first-order chi connectivity index (χ1) is 11.2. The molecule has 0 bridgehead atoms. The van der Waals surface area contributed by atoms with Crippen LogP contribution in [0.2, 0.25) is 0 Å². The van der Waals surface area contributed by atoms with Crippen molar-refractivity contribution in [2.24, 2.45) is 5.73 Å². The fraction of sp³-hybridized carbons (Fsp3) is 0.111. The Labute approximate surface area is 139 Å². The molecule has 0 aliphatic heterocycles. The number of imidazole rings is 1. The van der Waals surface area contributed by atoms with Crippen LogP contribution < -0.4 is 5.73 Å². The zero-order valence-electron chi connectivity index (χ0n) is 12.7. The number of amides is 1. The molecule has 2 N–H and O–H groups in total. The van der Waals surface area contributed by atoms with Gasteiger partial charge in [0.2, 0.25) is 5.91 Å². The lowest BCUT2D eigenvalue weighted by molar-refractivity contribution is -0.117. The number of rotatable bonds is 5. The van der Waals surface area contributed by atoms with Crippen LogP contribution in [0.15, 0.2) is 72.0 Å². The Morgan fingerprint density at radius 2 is 1.70 bits per heavy atom. The number of hydrogen-bond donors (Lipinski definition) is 1. The summed E-state index contributed by atoms with van der Waals surface area (Å²) in [7, 11) is 0. The second-order valence-corrected chi connectivity index (χ2v) is 6.43. The van der Waals surface area contributed by atoms with Crippen molar-refractivity contribution in [2.75, 3.05) is 0 Å². The van der Waals surface area contributed by atoms with Crippen LogP contribution in [-0.4, -0.2) is 20.7 Å². The Morgan fingerprint density at radius 1 is 1.09 bits per heavy atom. The van der Waals surface area contributed by atoms with Gasteiger partial charge >= 0.3 is 0 Å². The molecule has 0 radical (unpaired) electrons. The van der Waals surface area contributed by atoms with Crippen LogP contribution in [-0.2, 0) is 4.79 Å². The first kappa shape index (κ1) is 15.4. The average Bonchev–Trinajstić information content (AvgIpc) is 3.00. The molecule has 0 saturated heterocycles. The predicted molar refractivity (Wildman–Crippen MR) is 93.5 cm³/mol. The second-order valence-electron chi connectivity index (χ2n) is 5.13. The molecular formula is C18H17N3OS. The number of thioether (sulfide) groups is 1. The predicted octanol–water partition coefficient (Wildman–Crippen LogP) is 3.51. The molecule has 1 aromatic heterocycles. The minimum Gasteiger partial charge on any atom is -0.369 e. The molecule has 0 unspecified atom stereocenters. The Hall–Kier alpha value is -2.53. The van der Waals surface area contributed by atoms with Crippen molar-refractivity contribution in [2.45, 2.75) is 17.3 Å². The molecule has 0 spiro atoms. The van der Waals surface area contributed by atoms with E-state index in [2.05, 4.69) is 9.55 Å². The van der Waals surface area contributed by atoms with Gasteiger partial charge < -0.3 is 5.73 Å². The van der Waals surface area contributed by atoms with E-state index < -0.39 is 0 Å². The van der Waals surface area contributed by atoms with Gasteiger partial charge in [0.1, 0.15) is 0 Å². The third-order valence-corrected chi connectivity index (χ3v) is 4.58. The summed E-state index contributed by atoms with van der Waals surface area (Å²) in [5, 5.41) is 0.407. The molecule has 0 aliphatic carbocycles. The van der Waals surface area contributed by atoms with Crippen molar-refractivity contribution in [1.29, 1.82) is 0 Å². The lowest BCUT2D eigenvalue weighted by Gasteiger charge is -2.13. The van der Waals surface area contributed by atoms with E-state index in [0.717, 1.165) is 22.1 Å². The highest BCUT2D eigenvalue weighted by Crippen LogP contribution is 2.31. The van der Waals surface area contributed by atoms with Gasteiger partial charge in [0.25, 0.3) is 0 Å². The number of benzene rings is 2. The third-order valence-electron chi connectivity index (χ3n) is 3.50. The van der Waals surface area contributed by atoms with Gasteiger partial charge in [-0.3, -0.25) is 9.36 Å². The molecule has 5 heteroatoms. The zero-order valence-corrected chi connectivity index (χ0v) is 13.5. The van der Waals surface area contributed by atoms with E-state index in [4.69, 9.17) is 5.73 Å². The fourth-order valence-electron chi connectivity index (χ4n) is 2.27. The van der Waals surface area contributed by atoms with Crippen LogP contribution in [0.1, 0.15) is 6.92 Å². The van der Waals surface area contributed by atoms with Crippen LogP contribution in [0, 0.1) is 0 Å². The minimum absolute atomic E-state index is 0.344. The Kier molecular flexibility index (Phi) is 4.48. The first-order valence-electron chi connectivity index (χ1n) is 7.31. The van der Waals surface area contributed by atoms with Gasteiger partial charge in [0.05, 0.1) is 17.1 Å². The Balaban J connectivity index is 2.11. The first-order valence-corrected chi connectivity index (χ1v) is 8.19. The highest BCUT2D eigenvalue weighted by atomic mass is 32.2. The van der Waals surface area contributed by atoms with E-state index in [1.54, 1.807) is 6.92 Å². The van der Waals surface area contributed by atoms with Gasteiger partial charge in [-0.25, -0.2) is 4.98 Å². The molecule has 0 aliphatic rings. The maximum absolute atomic E-state index is 11.4. The van der Waals surface area contributed by atoms with Crippen molar-refractivity contribution in [3.05, 3.63) is 66.9 Å². The maximum Gasteiger partial charge on any atom is 0.230 e. The summed E-state index contributed by atoms with van der Waals surface area (Å²) in [6, 6.07) is 20.0. The van der Waals surface area contributed by atoms with Gasteiger partial charge in [0, 0.05) is 11.3 Å². The summed E-state index contributed by atoms with van der Waals surface area (Å²) in [4.78, 5) is 15.9. The quantitative estimate of drug-likeness (QED) is 0.731. The van der Waals surface area contributed by atoms with Gasteiger partial charge in [-0.2, -0.15) is 0 Å². The lowest BCUT2D eigenvalue weighted by Crippen LogP contribution is -2.23. The van der Waals surface area contributed by atoms with Crippen LogP contribution in [0.3, 0.4) is 0 Å². The van der Waals surface area contributed by atoms with Crippen molar-refractivity contribution >= 4 is 17.7 Å². The van der Waals surface area contributed by atoms with E-state index in [-0.39, 0.29) is 11.2 Å². The molecule has 116 valence electrons. The van der Waals surface area contributed by atoms with Gasteiger partial charge in [-0.05, 0) is 19.1 Å². The summed E-state index contributed by atoms with van der Waals surface area (Å²) < 4.78 is 2.06. The summed E-state index contributed by atoms with van der Waals surface area (Å²) in [6.07, 6.45) is 1.83.